The number of carboxylic acids is 1. The van der Waals surface area contributed by atoms with E-state index in [-0.39, 0.29) is 12.3 Å². The van der Waals surface area contributed by atoms with Gasteiger partial charge < -0.3 is 33.5 Å². The predicted octanol–water partition coefficient (Wildman–Crippen LogP) is -2.85. The van der Waals surface area contributed by atoms with E-state index in [9.17, 15) is 44.3 Å². The number of hydrogen-bond acceptors (Lipinski definition) is 21. The molecule has 2 rings (SSSR count). The molecule has 2 aliphatic rings. The Balaban J connectivity index is 2.62. The first-order valence-corrected chi connectivity index (χ1v) is 15.6. The van der Waals surface area contributed by atoms with Gasteiger partial charge in [-0.3, -0.25) is 17.8 Å². The zero-order chi connectivity index (χ0) is 32.8. The summed E-state index contributed by atoms with van der Waals surface area (Å²) in [6.07, 6.45) is -19.8. The van der Waals surface area contributed by atoms with Crippen LogP contribution < -0.4 is 0 Å². The molecular formula is C15H26O24S4. The molecule has 5 N–H and O–H groups in total. The molecule has 28 heteroatoms. The molecule has 2 saturated heterocycles. The lowest BCUT2D eigenvalue weighted by atomic mass is 9.96. The van der Waals surface area contributed by atoms with Gasteiger partial charge in [-0.2, -0.15) is 25.3 Å². The van der Waals surface area contributed by atoms with Crippen LogP contribution in [0.15, 0.2) is 0 Å². The minimum absolute atomic E-state index is 0.0607. The van der Waals surface area contributed by atoms with Gasteiger partial charge in [0, 0.05) is 21.3 Å². The van der Waals surface area contributed by atoms with Crippen molar-refractivity contribution in [1.82, 2.24) is 0 Å². The third-order valence-electron chi connectivity index (χ3n) is 5.45. The molecule has 2 heterocycles. The molecule has 24 nitrogen and oxygen atoms in total. The quantitative estimate of drug-likeness (QED) is 0.0332. The molecule has 0 bridgehead atoms. The first-order chi connectivity index (χ1) is 19.9. The van der Waals surface area contributed by atoms with E-state index in [1.54, 1.807) is 0 Å². The van der Waals surface area contributed by atoms with E-state index in [1.807, 2.05) is 0 Å². The number of carbonyl (C=O) groups is 1. The first-order valence-electron chi connectivity index (χ1n) is 10.9. The highest BCUT2D eigenvalue weighted by Gasteiger charge is 2.57. The van der Waals surface area contributed by atoms with E-state index in [0.29, 0.717) is 0 Å². The molecule has 4 unspecified atom stereocenters. The van der Waals surface area contributed by atoms with E-state index < -0.39 is 105 Å². The smallest absolute Gasteiger partial charge is 0.397 e. The van der Waals surface area contributed by atoms with E-state index in [1.165, 1.54) is 0 Å². The second-order valence-corrected chi connectivity index (χ2v) is 11.7. The fourth-order valence-corrected chi connectivity index (χ4v) is 5.63. The van der Waals surface area contributed by atoms with Gasteiger partial charge in [-0.1, -0.05) is 5.04 Å². The first kappa shape index (κ1) is 38.2. The van der Waals surface area contributed by atoms with E-state index in [0.717, 1.165) is 21.3 Å². The number of hydrogen-bond donors (Lipinski definition) is 5. The molecule has 0 amide bonds. The Bertz CT molecular complexity index is 1220. The second kappa shape index (κ2) is 16.0. The van der Waals surface area contributed by atoms with Crippen molar-refractivity contribution in [1.29, 1.82) is 0 Å². The zero-order valence-electron chi connectivity index (χ0n) is 21.6. The van der Waals surface area contributed by atoms with Crippen LogP contribution >= 0.6 is 12.3 Å². The van der Waals surface area contributed by atoms with Crippen LogP contribution in [0.1, 0.15) is 0 Å². The fourth-order valence-electron chi connectivity index (χ4n) is 3.98. The van der Waals surface area contributed by atoms with Gasteiger partial charge in [0.2, 0.25) is 0 Å². The van der Waals surface area contributed by atoms with Gasteiger partial charge in [0.05, 0.1) is 6.61 Å². The Kier molecular flexibility index (Phi) is 14.3. The zero-order valence-corrected chi connectivity index (χ0v) is 24.9. The van der Waals surface area contributed by atoms with E-state index in [4.69, 9.17) is 42.4 Å². The maximum Gasteiger partial charge on any atom is 0.397 e. The Morgan fingerprint density at radius 1 is 0.744 bits per heavy atom. The molecule has 2 fully saturated rings. The maximum absolute atomic E-state index is 12.0. The lowest BCUT2D eigenvalue weighted by molar-refractivity contribution is -0.435. The summed E-state index contributed by atoms with van der Waals surface area (Å²) in [5.74, 6) is -1.73. The third kappa shape index (κ3) is 11.4. The average Bonchev–Trinajstić information content (AvgIpc) is 2.87. The van der Waals surface area contributed by atoms with Crippen molar-refractivity contribution in [2.45, 2.75) is 61.4 Å². The van der Waals surface area contributed by atoms with Crippen molar-refractivity contribution in [2.75, 3.05) is 27.9 Å². The summed E-state index contributed by atoms with van der Waals surface area (Å²) in [7, 11) is -13.4. The second-order valence-electron chi connectivity index (χ2n) is 8.00. The van der Waals surface area contributed by atoms with Crippen LogP contribution in [0, 0.1) is 0 Å². The molecule has 0 saturated carbocycles. The minimum Gasteiger partial charge on any atom is -0.479 e. The summed E-state index contributed by atoms with van der Waals surface area (Å²) in [5.41, 5.74) is 0. The molecule has 43 heavy (non-hydrogen) atoms. The van der Waals surface area contributed by atoms with Crippen LogP contribution in [-0.2, 0) is 90.5 Å². The van der Waals surface area contributed by atoms with Crippen molar-refractivity contribution in [3.63, 3.8) is 0 Å². The normalized spacial score (nSPS) is 34.2. The number of carboxylic acid groups (broad SMARTS) is 1. The summed E-state index contributed by atoms with van der Waals surface area (Å²) >= 11 is -0.0607. The number of aliphatic carboxylic acids is 1. The summed E-state index contributed by atoms with van der Waals surface area (Å²) in [6, 6.07) is 0. The SMILES string of the molecule is COC1[C@H](O[C@H]2C(OS(=O)(=O)O)C(OS(=O)(=O)O)[C@@H](OC)O[C@H]2COS(=O)(=O)O)OC(C(=O)O)[C@H](OSOOO)[C@H]1OC. The van der Waals surface area contributed by atoms with Crippen LogP contribution in [0.4, 0.5) is 0 Å². The summed E-state index contributed by atoms with van der Waals surface area (Å²) < 4.78 is 151. The van der Waals surface area contributed by atoms with Crippen molar-refractivity contribution < 1.29 is 109 Å². The van der Waals surface area contributed by atoms with Crippen molar-refractivity contribution >= 4 is 49.5 Å². The van der Waals surface area contributed by atoms with Crippen LogP contribution in [-0.4, -0.2) is 145 Å². The molecule has 0 aromatic heterocycles. The van der Waals surface area contributed by atoms with Gasteiger partial charge in [0.25, 0.3) is 0 Å². The molecule has 10 atom stereocenters. The van der Waals surface area contributed by atoms with Gasteiger partial charge in [0.1, 0.15) is 36.6 Å². The molecule has 2 aliphatic heterocycles. The number of rotatable bonds is 17. The topological polar surface area (TPSA) is 331 Å². The molecule has 0 spiro atoms. The van der Waals surface area contributed by atoms with Crippen molar-refractivity contribution in [3.8, 4) is 0 Å². The molecule has 0 aliphatic carbocycles. The summed E-state index contributed by atoms with van der Waals surface area (Å²) in [4.78, 5) is 12.0. The van der Waals surface area contributed by atoms with Crippen LogP contribution in [0.3, 0.4) is 0 Å². The van der Waals surface area contributed by atoms with Gasteiger partial charge >= 0.3 is 37.2 Å². The Hall–Kier alpha value is -0.970. The molecule has 254 valence electrons. The molecule has 0 aromatic carbocycles. The highest BCUT2D eigenvalue weighted by molar-refractivity contribution is 7.89. The van der Waals surface area contributed by atoms with Gasteiger partial charge in [-0.05, 0) is 0 Å². The van der Waals surface area contributed by atoms with Crippen LogP contribution in [0.2, 0.25) is 0 Å². The maximum atomic E-state index is 12.0. The lowest BCUT2D eigenvalue weighted by Gasteiger charge is -2.47. The minimum atomic E-state index is -5.58. The highest BCUT2D eigenvalue weighted by Crippen LogP contribution is 2.36. The van der Waals surface area contributed by atoms with Gasteiger partial charge in [0.15, 0.2) is 37.1 Å². The van der Waals surface area contributed by atoms with E-state index in [2.05, 4.69) is 21.9 Å². The predicted molar refractivity (Wildman–Crippen MR) is 126 cm³/mol. The van der Waals surface area contributed by atoms with Gasteiger partial charge in [-0.25, -0.2) is 22.6 Å². The molecule has 0 aromatic rings. The average molecular weight is 719 g/mol. The van der Waals surface area contributed by atoms with Crippen molar-refractivity contribution in [3.05, 3.63) is 0 Å². The monoisotopic (exact) mass is 718 g/mol. The standard InChI is InChI=1S/C15H26O24S4/c1-28-7-8(35-40-39-38-18)10(13(16)17)34-15(11(7)29-2)33-6-5(4-31-41(19,20)21)32-14(30-3)12(37-43(25,26)27)9(6)36-42(22,23)24/h5-12,14-15,18H,4H2,1-3H3,(H,16,17)(H,19,20,21)(H,22,23,24)(H,25,26,27)/t5-,6+,7+,8+,9?,10?,11?,12?,14-,15+/m0/s1. The third-order valence-corrected chi connectivity index (χ3v) is 7.23. The Morgan fingerprint density at radius 3 is 1.79 bits per heavy atom. The largest absolute Gasteiger partial charge is 0.479 e. The van der Waals surface area contributed by atoms with E-state index >= 15 is 0 Å². The summed E-state index contributed by atoms with van der Waals surface area (Å²) in [6.45, 7) is -1.26. The summed E-state index contributed by atoms with van der Waals surface area (Å²) in [5, 5.41) is 21.4. The fraction of sp³-hybridized carbons (Fsp3) is 0.933. The van der Waals surface area contributed by atoms with Crippen LogP contribution in [0.5, 0.6) is 0 Å². The number of ether oxygens (including phenoxy) is 6. The lowest BCUT2D eigenvalue weighted by Crippen LogP contribution is -2.66. The molecular weight excluding hydrogens is 692 g/mol. The highest BCUT2D eigenvalue weighted by atomic mass is 32.3. The Labute approximate surface area is 247 Å². The van der Waals surface area contributed by atoms with Gasteiger partial charge in [-0.15, -0.1) is 4.33 Å². The molecule has 0 radical (unpaired) electrons. The van der Waals surface area contributed by atoms with Crippen LogP contribution in [0.25, 0.3) is 0 Å². The van der Waals surface area contributed by atoms with Crippen molar-refractivity contribution in [2.24, 2.45) is 0 Å². The number of methoxy groups -OCH3 is 3. The Morgan fingerprint density at radius 2 is 1.33 bits per heavy atom.